The van der Waals surface area contributed by atoms with Crippen LogP contribution in [0.5, 0.6) is 0 Å². The first-order valence-corrected chi connectivity index (χ1v) is 14.1. The van der Waals surface area contributed by atoms with E-state index in [2.05, 4.69) is 191 Å². The minimum atomic E-state index is -0.943. The van der Waals surface area contributed by atoms with Gasteiger partial charge in [-0.1, -0.05) is 191 Å². The van der Waals surface area contributed by atoms with Gasteiger partial charge in [-0.3, -0.25) is 0 Å². The van der Waals surface area contributed by atoms with E-state index in [1.54, 1.807) is 0 Å². The fourth-order valence-corrected chi connectivity index (χ4v) is 12.4. The highest BCUT2D eigenvalue weighted by atomic mass is 80.0. The Morgan fingerprint density at radius 3 is 0.762 bits per heavy atom. The molecule has 1 rings (SSSR count). The van der Waals surface area contributed by atoms with E-state index in [1.807, 2.05) is 12.2 Å². The van der Waals surface area contributed by atoms with Crippen LogP contribution in [0.4, 0.5) is 0 Å². The summed E-state index contributed by atoms with van der Waals surface area (Å²) in [4.78, 5) is 0. The zero-order valence-corrected chi connectivity index (χ0v) is 28.1. The molecule has 0 atom stereocenters. The quantitative estimate of drug-likeness (QED) is 0.174. The molecule has 0 amide bonds. The zero-order chi connectivity index (χ0) is 17.1. The summed E-state index contributed by atoms with van der Waals surface area (Å²) in [5.74, 6) is 0. The second-order valence-corrected chi connectivity index (χ2v) is 30.9. The number of rotatable bonds is 0. The molecule has 0 unspecified atom stereocenters. The number of halogens is 12. The lowest BCUT2D eigenvalue weighted by Crippen LogP contribution is -2.60. The van der Waals surface area contributed by atoms with E-state index in [-0.39, 0.29) is 0 Å². The maximum absolute atomic E-state index is 6.52. The van der Waals surface area contributed by atoms with Crippen molar-refractivity contribution in [1.82, 2.24) is 0 Å². The van der Waals surface area contributed by atoms with Gasteiger partial charge in [0.2, 0.25) is 0 Å². The lowest BCUT2D eigenvalue weighted by Gasteiger charge is -2.49. The highest BCUT2D eigenvalue weighted by Crippen LogP contribution is 2.69. The molecule has 0 aliphatic carbocycles. The van der Waals surface area contributed by atoms with Crippen molar-refractivity contribution in [1.29, 1.82) is 0 Å². The van der Waals surface area contributed by atoms with Gasteiger partial charge in [0.05, 0.1) is 0 Å². The monoisotopic (exact) mass is 1060 g/mol. The van der Waals surface area contributed by atoms with Gasteiger partial charge in [0, 0.05) is 0 Å². The molecular weight excluding hydrogens is 1070 g/mol. The highest BCUT2D eigenvalue weighted by Gasteiger charge is 2.71. The lowest BCUT2D eigenvalue weighted by atomic mass is 10.1. The maximum atomic E-state index is 6.52. The Bertz CT molecular complexity index is 364. The lowest BCUT2D eigenvalue weighted by molar-refractivity contribution is -0.0599. The smallest absolute Gasteiger partial charge is 0.170 e. The van der Waals surface area contributed by atoms with Crippen molar-refractivity contribution < 1.29 is 4.74 Å². The predicted octanol–water partition coefficient (Wildman–Crippen LogP) is 9.40. The van der Waals surface area contributed by atoms with Gasteiger partial charge in [-0.15, -0.1) is 0 Å². The summed E-state index contributed by atoms with van der Waals surface area (Å²) < 4.78 is 3.38. The molecule has 0 saturated carbocycles. The summed E-state index contributed by atoms with van der Waals surface area (Å²) in [6, 6.07) is 0. The van der Waals surface area contributed by atoms with E-state index in [1.165, 1.54) is 0 Å². The van der Waals surface area contributed by atoms with Crippen LogP contribution in [-0.2, 0) is 4.74 Å². The van der Waals surface area contributed by atoms with E-state index >= 15 is 0 Å². The first-order valence-electron chi connectivity index (χ1n) is 4.59. The molecule has 0 bridgehead atoms. The van der Waals surface area contributed by atoms with Gasteiger partial charge >= 0.3 is 0 Å². The third-order valence-corrected chi connectivity index (χ3v) is 9.63. The molecule has 0 aromatic carbocycles. The third-order valence-electron chi connectivity index (χ3n) is 2.56. The molecule has 0 aromatic heterocycles. The van der Waals surface area contributed by atoms with E-state index in [0.717, 1.165) is 0 Å². The molecule has 13 heteroatoms. The second kappa shape index (κ2) is 7.71. The van der Waals surface area contributed by atoms with Gasteiger partial charge < -0.3 is 4.74 Å². The molecule has 0 saturated heterocycles. The maximum Gasteiger partial charge on any atom is 0.170 e. The molecule has 0 radical (unpaired) electrons. The molecule has 1 nitrogen and oxygen atoms in total. The molecular formula is C8H2Br12O. The average Bonchev–Trinajstić information content (AvgIpc) is 2.54. The summed E-state index contributed by atoms with van der Waals surface area (Å²) in [6.45, 7) is 0. The topological polar surface area (TPSA) is 9.23 Å². The summed E-state index contributed by atoms with van der Waals surface area (Å²) in [7, 11) is 0. The highest BCUT2D eigenvalue weighted by molar-refractivity contribution is 9.41. The van der Waals surface area contributed by atoms with Gasteiger partial charge in [0.25, 0.3) is 0 Å². The summed E-state index contributed by atoms with van der Waals surface area (Å²) in [5.41, 5.74) is -1.89. The van der Waals surface area contributed by atoms with Gasteiger partial charge in [-0.25, -0.2) is 0 Å². The van der Waals surface area contributed by atoms with Crippen LogP contribution in [0.25, 0.3) is 0 Å². The van der Waals surface area contributed by atoms with E-state index in [0.29, 0.717) is 0 Å². The molecule has 0 aromatic rings. The van der Waals surface area contributed by atoms with Crippen LogP contribution in [0.1, 0.15) is 0 Å². The standard InChI is InChI=1S/C8H2Br12O/c9-5(10,11)3(6(12,13)14)1-2-4(21-3,7(15,16)17)8(18,19)20/h1-2H. The van der Waals surface area contributed by atoms with E-state index in [4.69, 9.17) is 4.74 Å². The summed E-state index contributed by atoms with van der Waals surface area (Å²) in [5, 5.41) is 0. The van der Waals surface area contributed by atoms with Crippen molar-refractivity contribution in [3.05, 3.63) is 12.2 Å². The normalized spacial score (nSPS) is 22.7. The van der Waals surface area contributed by atoms with Crippen LogP contribution in [0.3, 0.4) is 0 Å². The first kappa shape index (κ1) is 24.5. The largest absolute Gasteiger partial charge is 0.347 e. The molecule has 0 spiro atoms. The molecule has 0 fully saturated rings. The molecule has 1 heterocycles. The Morgan fingerprint density at radius 1 is 0.476 bits per heavy atom. The van der Waals surface area contributed by atoms with E-state index < -0.39 is 19.8 Å². The Hall–Kier alpha value is 5.46. The van der Waals surface area contributed by atoms with Gasteiger partial charge in [0.15, 0.2) is 19.8 Å². The molecule has 21 heavy (non-hydrogen) atoms. The Morgan fingerprint density at radius 2 is 0.667 bits per heavy atom. The Balaban J connectivity index is 3.55. The SMILES string of the molecule is BrC(Br)(Br)C1(C(Br)(Br)Br)C=CC(C(Br)(Br)Br)(C(Br)(Br)Br)O1. The number of alkyl halides is 12. The van der Waals surface area contributed by atoms with Gasteiger partial charge in [-0.2, -0.15) is 0 Å². The number of hydrogen-bond acceptors (Lipinski definition) is 1. The van der Waals surface area contributed by atoms with Crippen LogP contribution < -0.4 is 0 Å². The van der Waals surface area contributed by atoms with Crippen LogP contribution in [0, 0.1) is 0 Å². The predicted molar refractivity (Wildman–Crippen MR) is 134 cm³/mol. The van der Waals surface area contributed by atoms with Crippen LogP contribution >= 0.6 is 191 Å². The number of hydrogen-bond donors (Lipinski definition) is 0. The summed E-state index contributed by atoms with van der Waals surface area (Å²) in [6.07, 6.45) is 3.81. The van der Waals surface area contributed by atoms with Crippen molar-refractivity contribution in [3.8, 4) is 0 Å². The molecule has 0 N–H and O–H groups in total. The van der Waals surface area contributed by atoms with E-state index in [9.17, 15) is 0 Å². The van der Waals surface area contributed by atoms with Crippen molar-refractivity contribution >= 4 is 191 Å². The van der Waals surface area contributed by atoms with Gasteiger partial charge in [-0.05, 0) is 12.2 Å². The van der Waals surface area contributed by atoms with Crippen LogP contribution in [-0.4, -0.2) is 19.8 Å². The van der Waals surface area contributed by atoms with Gasteiger partial charge in [0.1, 0.15) is 0 Å². The molecule has 1 aliphatic heterocycles. The van der Waals surface area contributed by atoms with Crippen molar-refractivity contribution in [3.63, 3.8) is 0 Å². The fraction of sp³-hybridized carbons (Fsp3) is 0.750. The molecule has 124 valence electrons. The fourth-order valence-electron chi connectivity index (χ4n) is 1.49. The Labute approximate surface area is 223 Å². The Kier molecular flexibility index (Phi) is 8.99. The summed E-state index contributed by atoms with van der Waals surface area (Å²) >= 11 is 42.7. The average molecular weight is 1070 g/mol. The minimum absolute atomic E-state index is 0.786. The van der Waals surface area contributed by atoms with Crippen molar-refractivity contribution in [2.75, 3.05) is 0 Å². The molecule has 1 aliphatic rings. The third kappa shape index (κ3) is 4.72. The van der Waals surface area contributed by atoms with Crippen LogP contribution in [0.15, 0.2) is 12.2 Å². The second-order valence-electron chi connectivity index (χ2n) is 3.90. The first-order chi connectivity index (χ1) is 8.91. The minimum Gasteiger partial charge on any atom is -0.347 e. The van der Waals surface area contributed by atoms with Crippen molar-refractivity contribution in [2.24, 2.45) is 0 Å². The van der Waals surface area contributed by atoms with Crippen LogP contribution in [0.2, 0.25) is 0 Å². The number of ether oxygens (including phenoxy) is 1. The zero-order valence-electron chi connectivity index (χ0n) is 9.10. The van der Waals surface area contributed by atoms with Crippen molar-refractivity contribution in [2.45, 2.75) is 19.8 Å².